The summed E-state index contributed by atoms with van der Waals surface area (Å²) in [6.07, 6.45) is 4.79. The van der Waals surface area contributed by atoms with Crippen molar-refractivity contribution in [3.05, 3.63) is 12.5 Å². The van der Waals surface area contributed by atoms with Crippen molar-refractivity contribution in [3.8, 4) is 0 Å². The van der Waals surface area contributed by atoms with Crippen molar-refractivity contribution in [2.24, 2.45) is 5.41 Å². The molecule has 1 aromatic heterocycles. The molecule has 1 aliphatic rings. The van der Waals surface area contributed by atoms with Crippen LogP contribution >= 0.6 is 0 Å². The molecule has 7 heteroatoms. The maximum Gasteiger partial charge on any atom is 0.257 e. The van der Waals surface area contributed by atoms with Crippen molar-refractivity contribution in [3.63, 3.8) is 0 Å². The Balaban J connectivity index is 1.98. The van der Waals surface area contributed by atoms with Crippen molar-refractivity contribution >= 4 is 10.0 Å². The van der Waals surface area contributed by atoms with Crippen LogP contribution in [0.15, 0.2) is 17.6 Å². The normalized spacial score (nSPS) is 25.9. The van der Waals surface area contributed by atoms with Crippen LogP contribution in [0.3, 0.4) is 0 Å². The van der Waals surface area contributed by atoms with Gasteiger partial charge in [-0.05, 0) is 24.8 Å². The summed E-state index contributed by atoms with van der Waals surface area (Å²) in [7, 11) is -3.45. The first-order valence-electron chi connectivity index (χ1n) is 5.71. The van der Waals surface area contributed by atoms with Gasteiger partial charge in [-0.25, -0.2) is 18.1 Å². The van der Waals surface area contributed by atoms with E-state index < -0.39 is 10.0 Å². The number of hydrogen-bond acceptors (Lipinski definition) is 4. The van der Waals surface area contributed by atoms with Crippen molar-refractivity contribution in [2.75, 3.05) is 19.6 Å². The van der Waals surface area contributed by atoms with Crippen LogP contribution in [0.2, 0.25) is 0 Å². The second-order valence-corrected chi connectivity index (χ2v) is 6.57. The van der Waals surface area contributed by atoms with E-state index in [2.05, 4.69) is 26.9 Å². The number of piperidine rings is 1. The van der Waals surface area contributed by atoms with E-state index >= 15 is 0 Å². The number of imidazole rings is 1. The second kappa shape index (κ2) is 4.75. The molecule has 0 spiro atoms. The monoisotopic (exact) mass is 258 g/mol. The van der Waals surface area contributed by atoms with Gasteiger partial charge < -0.3 is 10.3 Å². The third-order valence-electron chi connectivity index (χ3n) is 3.14. The number of sulfonamides is 1. The Bertz CT molecular complexity index is 449. The van der Waals surface area contributed by atoms with E-state index in [0.29, 0.717) is 6.54 Å². The lowest BCUT2D eigenvalue weighted by Gasteiger charge is -2.34. The van der Waals surface area contributed by atoms with Crippen LogP contribution in [-0.4, -0.2) is 38.0 Å². The number of aromatic nitrogens is 2. The van der Waals surface area contributed by atoms with Gasteiger partial charge in [0.05, 0.1) is 12.5 Å². The summed E-state index contributed by atoms with van der Waals surface area (Å²) < 4.78 is 26.4. The lowest BCUT2D eigenvalue weighted by atomic mass is 9.83. The van der Waals surface area contributed by atoms with Gasteiger partial charge in [-0.15, -0.1) is 0 Å². The van der Waals surface area contributed by atoms with E-state index in [4.69, 9.17) is 0 Å². The molecule has 1 aromatic rings. The van der Waals surface area contributed by atoms with Crippen LogP contribution in [0.1, 0.15) is 19.8 Å². The maximum absolute atomic E-state index is 11.9. The maximum atomic E-state index is 11.9. The molecule has 0 aliphatic carbocycles. The molecule has 1 aliphatic heterocycles. The molecule has 3 N–H and O–H groups in total. The predicted molar refractivity (Wildman–Crippen MR) is 64.0 cm³/mol. The average Bonchev–Trinajstić information content (AvgIpc) is 2.82. The van der Waals surface area contributed by atoms with E-state index in [1.807, 2.05) is 0 Å². The molecule has 2 rings (SSSR count). The summed E-state index contributed by atoms with van der Waals surface area (Å²) in [5, 5.41) is 3.41. The summed E-state index contributed by atoms with van der Waals surface area (Å²) >= 11 is 0. The fraction of sp³-hybridized carbons (Fsp3) is 0.700. The molecule has 0 aromatic carbocycles. The van der Waals surface area contributed by atoms with Crippen LogP contribution in [0, 0.1) is 5.41 Å². The molecule has 6 nitrogen and oxygen atoms in total. The largest absolute Gasteiger partial charge is 0.335 e. The van der Waals surface area contributed by atoms with E-state index in [-0.39, 0.29) is 10.4 Å². The number of nitrogens with zero attached hydrogens (tertiary/aromatic N) is 1. The minimum absolute atomic E-state index is 0.00859. The topological polar surface area (TPSA) is 86.9 Å². The third kappa shape index (κ3) is 3.05. The Labute approximate surface area is 101 Å². The fourth-order valence-electron chi connectivity index (χ4n) is 2.01. The second-order valence-electron chi connectivity index (χ2n) is 4.83. The van der Waals surface area contributed by atoms with Gasteiger partial charge in [0.2, 0.25) is 0 Å². The average molecular weight is 258 g/mol. The highest BCUT2D eigenvalue weighted by Crippen LogP contribution is 2.24. The Morgan fingerprint density at radius 1 is 1.59 bits per heavy atom. The Morgan fingerprint density at radius 3 is 3.00 bits per heavy atom. The zero-order valence-electron chi connectivity index (χ0n) is 9.86. The summed E-state index contributed by atoms with van der Waals surface area (Å²) in [5.41, 5.74) is -0.00859. The Hall–Kier alpha value is -0.920. The first-order chi connectivity index (χ1) is 8.02. The minimum atomic E-state index is -3.45. The fourth-order valence-corrected chi connectivity index (χ4v) is 3.11. The number of nitrogens with one attached hydrogen (secondary N) is 3. The van der Waals surface area contributed by atoms with Gasteiger partial charge in [0.25, 0.3) is 10.0 Å². The molecule has 1 saturated heterocycles. The third-order valence-corrected chi connectivity index (χ3v) is 4.46. The van der Waals surface area contributed by atoms with Crippen LogP contribution in [0.25, 0.3) is 0 Å². The van der Waals surface area contributed by atoms with Gasteiger partial charge in [0.1, 0.15) is 0 Å². The summed E-state index contributed by atoms with van der Waals surface area (Å²) in [4.78, 5) is 6.31. The lowest BCUT2D eigenvalue weighted by Crippen LogP contribution is -2.45. The highest BCUT2D eigenvalue weighted by atomic mass is 32.2. The standard InChI is InChI=1S/C10H18N4O2S/c1-10(3-2-4-11-6-10)7-14-17(15,16)9-5-12-8-13-9/h5,8,11,14H,2-4,6-7H2,1H3,(H,12,13). The molecule has 0 saturated carbocycles. The zero-order chi connectivity index (χ0) is 12.4. The molecule has 96 valence electrons. The summed E-state index contributed by atoms with van der Waals surface area (Å²) in [6, 6.07) is 0. The summed E-state index contributed by atoms with van der Waals surface area (Å²) in [6.45, 7) is 4.40. The van der Waals surface area contributed by atoms with Crippen molar-refractivity contribution in [2.45, 2.75) is 24.8 Å². The molecule has 1 atom stereocenters. The van der Waals surface area contributed by atoms with Crippen LogP contribution in [0.4, 0.5) is 0 Å². The first kappa shape index (κ1) is 12.5. The van der Waals surface area contributed by atoms with Crippen LogP contribution < -0.4 is 10.0 Å². The van der Waals surface area contributed by atoms with Gasteiger partial charge >= 0.3 is 0 Å². The zero-order valence-corrected chi connectivity index (χ0v) is 10.7. The Morgan fingerprint density at radius 2 is 2.41 bits per heavy atom. The molecule has 0 radical (unpaired) electrons. The van der Waals surface area contributed by atoms with Gasteiger partial charge in [-0.1, -0.05) is 6.92 Å². The van der Waals surface area contributed by atoms with Gasteiger partial charge in [0, 0.05) is 13.1 Å². The van der Waals surface area contributed by atoms with Gasteiger partial charge in [-0.2, -0.15) is 0 Å². The van der Waals surface area contributed by atoms with Crippen LogP contribution in [-0.2, 0) is 10.0 Å². The van der Waals surface area contributed by atoms with Gasteiger partial charge in [0.15, 0.2) is 5.03 Å². The van der Waals surface area contributed by atoms with E-state index in [9.17, 15) is 8.42 Å². The molecule has 0 amide bonds. The number of hydrogen-bond donors (Lipinski definition) is 3. The minimum Gasteiger partial charge on any atom is -0.335 e. The van der Waals surface area contributed by atoms with Crippen LogP contribution in [0.5, 0.6) is 0 Å². The summed E-state index contributed by atoms with van der Waals surface area (Å²) in [5.74, 6) is 0. The molecular weight excluding hydrogens is 240 g/mol. The number of aromatic amines is 1. The van der Waals surface area contributed by atoms with Crippen molar-refractivity contribution in [1.82, 2.24) is 20.0 Å². The predicted octanol–water partition coefficient (Wildman–Crippen LogP) is 0.0777. The van der Waals surface area contributed by atoms with Crippen molar-refractivity contribution < 1.29 is 8.42 Å². The van der Waals surface area contributed by atoms with E-state index in [1.165, 1.54) is 12.5 Å². The lowest BCUT2D eigenvalue weighted by molar-refractivity contribution is 0.238. The van der Waals surface area contributed by atoms with Gasteiger partial charge in [-0.3, -0.25) is 0 Å². The molecule has 2 heterocycles. The first-order valence-corrected chi connectivity index (χ1v) is 7.19. The van der Waals surface area contributed by atoms with E-state index in [0.717, 1.165) is 25.9 Å². The quantitative estimate of drug-likeness (QED) is 0.713. The smallest absolute Gasteiger partial charge is 0.257 e. The molecular formula is C10H18N4O2S. The van der Waals surface area contributed by atoms with Crippen molar-refractivity contribution in [1.29, 1.82) is 0 Å². The Kier molecular flexibility index (Phi) is 3.50. The molecule has 0 bridgehead atoms. The number of H-pyrrole nitrogens is 1. The SMILES string of the molecule is CC1(CNS(=O)(=O)c2cnc[nH]2)CCCNC1. The van der Waals surface area contributed by atoms with E-state index in [1.54, 1.807) is 0 Å². The highest BCUT2D eigenvalue weighted by molar-refractivity contribution is 7.89. The molecule has 1 fully saturated rings. The molecule has 17 heavy (non-hydrogen) atoms. The highest BCUT2D eigenvalue weighted by Gasteiger charge is 2.28. The number of rotatable bonds is 4. The molecule has 1 unspecified atom stereocenters.